The lowest BCUT2D eigenvalue weighted by molar-refractivity contribution is 0.282. The predicted octanol–water partition coefficient (Wildman–Crippen LogP) is 6.05. The van der Waals surface area contributed by atoms with Crippen LogP contribution in [-0.2, 0) is 13.2 Å². The van der Waals surface area contributed by atoms with Crippen LogP contribution in [0.2, 0.25) is 0 Å². The summed E-state index contributed by atoms with van der Waals surface area (Å²) in [5.41, 5.74) is 3.65. The van der Waals surface area contributed by atoms with Gasteiger partial charge in [0, 0.05) is 12.1 Å². The first-order valence-electron chi connectivity index (χ1n) is 8.64. The molecule has 0 atom stereocenters. The van der Waals surface area contributed by atoms with Gasteiger partial charge in [0.05, 0.1) is 11.6 Å². The van der Waals surface area contributed by atoms with Crippen molar-refractivity contribution < 1.29 is 9.47 Å². The number of rotatable bonds is 8. The number of halogens is 2. The van der Waals surface area contributed by atoms with Crippen molar-refractivity contribution in [2.45, 2.75) is 52.8 Å². The molecule has 144 valence electrons. The van der Waals surface area contributed by atoms with Gasteiger partial charge in [-0.1, -0.05) is 36.8 Å². The molecule has 2 aromatic carbocycles. The smallest absolute Gasteiger partial charge is 0.175 e. The van der Waals surface area contributed by atoms with Crippen LogP contribution < -0.4 is 14.8 Å². The summed E-state index contributed by atoms with van der Waals surface area (Å²) in [6.07, 6.45) is 1.07. The Hall–Kier alpha value is -1.23. The fourth-order valence-corrected chi connectivity index (χ4v) is 2.93. The molecule has 0 saturated carbocycles. The highest BCUT2D eigenvalue weighted by molar-refractivity contribution is 9.10. The van der Waals surface area contributed by atoms with Crippen molar-refractivity contribution in [2.75, 3.05) is 7.11 Å². The van der Waals surface area contributed by atoms with Gasteiger partial charge in [0.25, 0.3) is 0 Å². The van der Waals surface area contributed by atoms with Gasteiger partial charge in [-0.2, -0.15) is 0 Å². The molecule has 0 radical (unpaired) electrons. The summed E-state index contributed by atoms with van der Waals surface area (Å²) in [4.78, 5) is 0. The molecule has 0 unspecified atom stereocenters. The molecule has 3 nitrogen and oxygen atoms in total. The molecule has 0 amide bonds. The average molecular weight is 443 g/mol. The van der Waals surface area contributed by atoms with Gasteiger partial charge in [-0.3, -0.25) is 0 Å². The van der Waals surface area contributed by atoms with Crippen LogP contribution in [0.25, 0.3) is 0 Å². The van der Waals surface area contributed by atoms with Crippen LogP contribution in [0, 0.1) is 6.92 Å². The van der Waals surface area contributed by atoms with E-state index in [1.54, 1.807) is 7.11 Å². The average Bonchev–Trinajstić information content (AvgIpc) is 2.60. The minimum Gasteiger partial charge on any atom is -0.493 e. The first-order chi connectivity index (χ1) is 11.8. The van der Waals surface area contributed by atoms with Gasteiger partial charge in [0.15, 0.2) is 11.5 Å². The van der Waals surface area contributed by atoms with Crippen molar-refractivity contribution in [3.63, 3.8) is 0 Å². The van der Waals surface area contributed by atoms with Crippen molar-refractivity contribution in [1.82, 2.24) is 5.32 Å². The Morgan fingerprint density at radius 2 is 1.73 bits per heavy atom. The Morgan fingerprint density at radius 3 is 2.31 bits per heavy atom. The van der Waals surface area contributed by atoms with Crippen LogP contribution in [0.3, 0.4) is 0 Å². The van der Waals surface area contributed by atoms with Crippen LogP contribution in [0.15, 0.2) is 40.9 Å². The maximum atomic E-state index is 6.01. The van der Waals surface area contributed by atoms with E-state index in [1.165, 1.54) is 5.56 Å². The van der Waals surface area contributed by atoms with Crippen LogP contribution >= 0.6 is 28.3 Å². The summed E-state index contributed by atoms with van der Waals surface area (Å²) in [6, 6.07) is 12.5. The van der Waals surface area contributed by atoms with Gasteiger partial charge >= 0.3 is 0 Å². The zero-order chi connectivity index (χ0) is 18.4. The number of hydrogen-bond donors (Lipinski definition) is 1. The maximum Gasteiger partial charge on any atom is 0.175 e. The van der Waals surface area contributed by atoms with E-state index in [9.17, 15) is 0 Å². The predicted molar refractivity (Wildman–Crippen MR) is 115 cm³/mol. The molecular weight excluding hydrogens is 414 g/mol. The highest BCUT2D eigenvalue weighted by atomic mass is 79.9. The van der Waals surface area contributed by atoms with Crippen LogP contribution in [0.1, 0.15) is 43.9 Å². The molecule has 0 aliphatic carbocycles. The van der Waals surface area contributed by atoms with E-state index in [0.717, 1.165) is 40.1 Å². The van der Waals surface area contributed by atoms with Crippen molar-refractivity contribution in [2.24, 2.45) is 0 Å². The lowest BCUT2D eigenvalue weighted by Crippen LogP contribution is -2.37. The molecule has 5 heteroatoms. The number of nitrogens with one attached hydrogen (secondary N) is 1. The molecule has 1 N–H and O–H groups in total. The molecule has 2 aromatic rings. The molecule has 0 spiro atoms. The standard InChI is InChI=1S/C21H28BrNO2.ClH/c1-6-21(3,4)23-13-17-11-18(22)20(19(12-17)24-5)25-14-16-9-7-15(2)8-10-16;/h7-12,23H,6,13-14H2,1-5H3;1H. The monoisotopic (exact) mass is 441 g/mol. The van der Waals surface area contributed by atoms with Crippen molar-refractivity contribution in [3.05, 3.63) is 57.6 Å². The Bertz CT molecular complexity index is 702. The Balaban J connectivity index is 0.00000338. The van der Waals surface area contributed by atoms with E-state index in [2.05, 4.69) is 79.3 Å². The SMILES string of the molecule is CCC(C)(C)NCc1cc(Br)c(OCc2ccc(C)cc2)c(OC)c1.Cl. The van der Waals surface area contributed by atoms with Crippen molar-refractivity contribution >= 4 is 28.3 Å². The summed E-state index contributed by atoms with van der Waals surface area (Å²) >= 11 is 3.63. The minimum absolute atomic E-state index is 0. The maximum absolute atomic E-state index is 6.01. The number of ether oxygens (including phenoxy) is 2. The number of benzene rings is 2. The van der Waals surface area contributed by atoms with Gasteiger partial charge < -0.3 is 14.8 Å². The summed E-state index contributed by atoms with van der Waals surface area (Å²) in [5, 5.41) is 3.57. The Labute approximate surface area is 172 Å². The third-order valence-electron chi connectivity index (χ3n) is 4.45. The summed E-state index contributed by atoms with van der Waals surface area (Å²) in [7, 11) is 1.67. The fraction of sp³-hybridized carbons (Fsp3) is 0.429. The summed E-state index contributed by atoms with van der Waals surface area (Å²) in [6.45, 7) is 9.97. The normalized spacial score (nSPS) is 11.0. The second kappa shape index (κ2) is 10.2. The lowest BCUT2D eigenvalue weighted by atomic mass is 10.0. The number of methoxy groups -OCH3 is 1. The molecular formula is C21H29BrClNO2. The molecule has 0 aromatic heterocycles. The van der Waals surface area contributed by atoms with Crippen molar-refractivity contribution in [1.29, 1.82) is 0 Å². The van der Waals surface area contributed by atoms with Crippen LogP contribution in [-0.4, -0.2) is 12.6 Å². The number of hydrogen-bond acceptors (Lipinski definition) is 3. The fourth-order valence-electron chi connectivity index (χ4n) is 2.32. The topological polar surface area (TPSA) is 30.5 Å². The summed E-state index contributed by atoms with van der Waals surface area (Å²) < 4.78 is 12.5. The highest BCUT2D eigenvalue weighted by Gasteiger charge is 2.16. The molecule has 2 rings (SSSR count). The molecule has 0 bridgehead atoms. The summed E-state index contributed by atoms with van der Waals surface area (Å²) in [5.74, 6) is 1.48. The molecule has 0 aliphatic rings. The van der Waals surface area contributed by atoms with Crippen molar-refractivity contribution in [3.8, 4) is 11.5 Å². The van der Waals surface area contributed by atoms with Gasteiger partial charge in [0.2, 0.25) is 0 Å². The second-order valence-corrected chi connectivity index (χ2v) is 7.83. The van der Waals surface area contributed by atoms with E-state index in [4.69, 9.17) is 9.47 Å². The minimum atomic E-state index is 0. The zero-order valence-electron chi connectivity index (χ0n) is 16.2. The van der Waals surface area contributed by atoms with Gasteiger partial charge in [0.1, 0.15) is 6.61 Å². The molecule has 26 heavy (non-hydrogen) atoms. The second-order valence-electron chi connectivity index (χ2n) is 6.97. The third kappa shape index (κ3) is 6.49. The quantitative estimate of drug-likeness (QED) is 0.540. The first-order valence-corrected chi connectivity index (χ1v) is 9.43. The van der Waals surface area contributed by atoms with E-state index in [1.807, 2.05) is 6.07 Å². The lowest BCUT2D eigenvalue weighted by Gasteiger charge is -2.25. The Kier molecular flexibility index (Phi) is 8.94. The van der Waals surface area contributed by atoms with E-state index in [-0.39, 0.29) is 17.9 Å². The number of aryl methyl sites for hydroxylation is 1. The van der Waals surface area contributed by atoms with Crippen LogP contribution in [0.4, 0.5) is 0 Å². The largest absolute Gasteiger partial charge is 0.493 e. The third-order valence-corrected chi connectivity index (χ3v) is 5.04. The van der Waals surface area contributed by atoms with Gasteiger partial charge in [-0.15, -0.1) is 12.4 Å². The van der Waals surface area contributed by atoms with Crippen LogP contribution in [0.5, 0.6) is 11.5 Å². The molecule has 0 aliphatic heterocycles. The highest BCUT2D eigenvalue weighted by Crippen LogP contribution is 2.37. The Morgan fingerprint density at radius 1 is 1.08 bits per heavy atom. The molecule has 0 heterocycles. The van der Waals surface area contributed by atoms with Gasteiger partial charge in [-0.25, -0.2) is 0 Å². The zero-order valence-corrected chi connectivity index (χ0v) is 18.6. The molecule has 0 fully saturated rings. The van der Waals surface area contributed by atoms with E-state index >= 15 is 0 Å². The molecule has 0 saturated heterocycles. The van der Waals surface area contributed by atoms with E-state index in [0.29, 0.717) is 6.61 Å². The van der Waals surface area contributed by atoms with Gasteiger partial charge in [-0.05, 0) is 66.4 Å². The first kappa shape index (κ1) is 22.8. The van der Waals surface area contributed by atoms with E-state index < -0.39 is 0 Å².